The number of benzene rings is 8. The van der Waals surface area contributed by atoms with E-state index in [1.54, 1.807) is 0 Å². The number of hydrogen-bond donors (Lipinski definition) is 0. The van der Waals surface area contributed by atoms with Crippen molar-refractivity contribution in [2.45, 2.75) is 182 Å². The van der Waals surface area contributed by atoms with Gasteiger partial charge in [0.15, 0.2) is 81.4 Å². The fourth-order valence-corrected chi connectivity index (χ4v) is 18.3. The second-order valence-corrected chi connectivity index (χ2v) is 34.1. The molecule has 0 radical (unpaired) electrons. The average molecular weight is 1550 g/mol. The van der Waals surface area contributed by atoms with E-state index in [9.17, 15) is 0 Å². The van der Waals surface area contributed by atoms with Crippen LogP contribution < -0.4 is 37.0 Å². The van der Waals surface area contributed by atoms with Gasteiger partial charge in [0.25, 0.3) is 0 Å². The molecule has 0 saturated heterocycles. The number of para-hydroxylation sites is 4. The maximum Gasteiger partial charge on any atom is 0.246 e. The van der Waals surface area contributed by atoms with Gasteiger partial charge >= 0.3 is 0 Å². The number of hydrogen-bond acceptors (Lipinski definition) is 0. The number of pyridine rings is 4. The number of aromatic nitrogens is 12. The summed E-state index contributed by atoms with van der Waals surface area (Å²) in [4.78, 5) is 3.79. The van der Waals surface area contributed by atoms with Crippen LogP contribution in [-0.2, 0) is 33.6 Å². The van der Waals surface area contributed by atoms with Crippen molar-refractivity contribution in [1.29, 1.82) is 0 Å². The molecule has 594 valence electrons. The number of nitrogens with zero attached hydrogens (tertiary/aromatic N) is 13. The molecule has 0 unspecified atom stereocenters. The molecule has 0 aliphatic carbocycles. The van der Waals surface area contributed by atoms with Gasteiger partial charge < -0.3 is 0 Å². The van der Waals surface area contributed by atoms with Crippen molar-refractivity contribution in [3.8, 4) is 67.8 Å². The predicted octanol–water partition coefficient (Wildman–Crippen LogP) is 21.2. The summed E-state index contributed by atoms with van der Waals surface area (Å²) >= 11 is 0. The first-order chi connectivity index (χ1) is 55.8. The fraction of sp³-hybridized carbons (Fsp3) is 0.298. The maximum absolute atomic E-state index is 7.68. The third kappa shape index (κ3) is 15.4. The third-order valence-electron chi connectivity index (χ3n) is 23.6. The van der Waals surface area contributed by atoms with Crippen molar-refractivity contribution in [2.24, 2.45) is 28.2 Å². The molecule has 8 aromatic heterocycles. The summed E-state index contributed by atoms with van der Waals surface area (Å²) in [6.07, 6.45) is 8.55. The van der Waals surface area contributed by atoms with E-state index < -0.39 is 0 Å². The quantitative estimate of drug-likeness (QED) is 0.0865. The molecule has 16 aromatic rings. The molecule has 0 spiro atoms. The van der Waals surface area contributed by atoms with Crippen LogP contribution in [0.2, 0.25) is 0 Å². The minimum atomic E-state index is 0.0510. The summed E-state index contributed by atoms with van der Waals surface area (Å²) in [5.41, 5.74) is 35.8. The molecule has 8 aromatic carbocycles. The Morgan fingerprint density at radius 1 is 0.316 bits per heavy atom. The van der Waals surface area contributed by atoms with Crippen LogP contribution in [0.5, 0.6) is 0 Å². The van der Waals surface area contributed by atoms with Crippen molar-refractivity contribution in [3.63, 3.8) is 0 Å². The van der Waals surface area contributed by atoms with E-state index >= 15 is 0 Å². The number of rotatable bonds is 12. The molecular formula is C104H121N13+8. The molecule has 0 fully saturated rings. The Morgan fingerprint density at radius 3 is 0.974 bits per heavy atom. The van der Waals surface area contributed by atoms with Crippen molar-refractivity contribution >= 4 is 49.3 Å². The minimum absolute atomic E-state index is 0.0510. The summed E-state index contributed by atoms with van der Waals surface area (Å²) in [6.45, 7) is 56.6. The molecule has 8 heterocycles. The number of fused-ring (bicyclic) bond motifs is 4. The fourth-order valence-electron chi connectivity index (χ4n) is 18.3. The van der Waals surface area contributed by atoms with Gasteiger partial charge in [-0.3, -0.25) is 0 Å². The highest BCUT2D eigenvalue weighted by Crippen LogP contribution is 2.41. The highest BCUT2D eigenvalue weighted by atomic mass is 15.4. The average Bonchev–Trinajstić information content (AvgIpc) is 1.55. The largest absolute Gasteiger partial charge is 0.246 e. The Morgan fingerprint density at radius 2 is 0.624 bits per heavy atom. The highest BCUT2D eigenvalue weighted by molar-refractivity contribution is 5.96. The molecular weight excluding hydrogens is 1430 g/mol. The van der Waals surface area contributed by atoms with E-state index in [-0.39, 0.29) is 5.41 Å². The summed E-state index contributed by atoms with van der Waals surface area (Å²) in [5, 5.41) is 5.11. The van der Waals surface area contributed by atoms with Crippen LogP contribution in [-0.4, -0.2) is 18.7 Å². The SMILES string of the molecule is Cc1c(-c2c3ccccc3n(C(C)C)[n+]2C)cc(C(C)(C)C)cc1-[n+]1ccccc1C.Cc1cc(-c2c3ccccc3n(C(C)C)[n+]2C)c(C)c(-[n+]2ccccc2C)c1.Cc1cc(C)c(-[n+]2ccccc2C)c(C)c1-c1c2ccccc2n(C(C)C)[n+]1C.[C-]#[N+]c1cc(-c2c3ccccc3n(C(C)C)[n+]2C)c(C)c(-[n+]2ccccc2C)c1. The Kier molecular flexibility index (Phi) is 23.7. The van der Waals surface area contributed by atoms with Gasteiger partial charge in [-0.25, -0.2) is 4.85 Å². The monoisotopic (exact) mass is 1550 g/mol. The van der Waals surface area contributed by atoms with Crippen molar-refractivity contribution in [2.75, 3.05) is 0 Å². The van der Waals surface area contributed by atoms with E-state index in [2.05, 4.69) is 454 Å². The molecule has 0 saturated carbocycles. The second kappa shape index (κ2) is 33.5. The highest BCUT2D eigenvalue weighted by Gasteiger charge is 2.36. The van der Waals surface area contributed by atoms with Gasteiger partial charge in [-0.1, -0.05) is 93.6 Å². The van der Waals surface area contributed by atoms with Crippen molar-refractivity contribution in [3.05, 3.63) is 316 Å². The summed E-state index contributed by atoms with van der Waals surface area (Å²) in [6, 6.07) is 77.3. The van der Waals surface area contributed by atoms with Gasteiger partial charge in [-0.2, -0.15) is 37.0 Å². The zero-order valence-corrected chi connectivity index (χ0v) is 74.1. The Balaban J connectivity index is 0.000000136. The molecule has 13 nitrogen and oxygen atoms in total. The topological polar surface area (TPSA) is 55.1 Å². The van der Waals surface area contributed by atoms with Crippen LogP contribution in [0, 0.1) is 82.7 Å². The molecule has 0 N–H and O–H groups in total. The van der Waals surface area contributed by atoms with E-state index in [4.69, 9.17) is 6.57 Å². The van der Waals surface area contributed by atoms with Crippen LogP contribution in [0.1, 0.15) is 168 Å². The van der Waals surface area contributed by atoms with Crippen molar-refractivity contribution < 1.29 is 37.0 Å². The lowest BCUT2D eigenvalue weighted by molar-refractivity contribution is -0.743. The first kappa shape index (κ1) is 82.7. The normalized spacial score (nSPS) is 11.6. The molecule has 0 atom stereocenters. The molecule has 0 bridgehead atoms. The van der Waals surface area contributed by atoms with Gasteiger partial charge in [0, 0.05) is 128 Å². The molecule has 0 aliphatic heterocycles. The lowest BCUT2D eigenvalue weighted by Crippen LogP contribution is -2.42. The molecule has 117 heavy (non-hydrogen) atoms. The molecule has 0 amide bonds. The van der Waals surface area contributed by atoms with Gasteiger partial charge in [0.2, 0.25) is 45.5 Å². The van der Waals surface area contributed by atoms with Crippen LogP contribution in [0.3, 0.4) is 0 Å². The standard InChI is InChI=1S/C28H35N3.C26H31N3.C25H26N4.C25H29N3/c1-19(2)31-25-15-10-9-14-23(25)27(29(31)8)24-17-22(28(5,6)7)18-26(21(24)4)30-16-12-11-13-20(30)3;1-17(2)29-23-14-9-8-13-22(23)26(27(29)7)24-18(3)16-19(4)25(21(24)6)28-15-11-10-12-20(28)5;1-17(2)29-23-13-8-7-12-21(23)25(27(29)6)22-15-20(26-5)16-24(19(22)4)28-14-10-9-11-18(28)3;1-17(2)28-23-13-8-7-12-21(23)25(26(28)6)22-15-18(3)16-24(20(22)5)27-14-10-9-11-19(27)4/h9-19H,1-8H3;8-17H,1-7H3;7-17H,1-4,6H3;7-17H,1-6H3/q4*+2. The molecule has 0 aliphatic rings. The van der Waals surface area contributed by atoms with Crippen LogP contribution in [0.15, 0.2) is 237 Å². The zero-order valence-electron chi connectivity index (χ0n) is 74.1. The molecule has 16 rings (SSSR count). The Labute approximate surface area is 694 Å². The van der Waals surface area contributed by atoms with Crippen LogP contribution >= 0.6 is 0 Å². The summed E-state index contributed by atoms with van der Waals surface area (Å²) in [7, 11) is 8.67. The first-order valence-corrected chi connectivity index (χ1v) is 41.6. The zero-order chi connectivity index (χ0) is 84.1. The van der Waals surface area contributed by atoms with Crippen molar-refractivity contribution in [1.82, 2.24) is 18.7 Å². The van der Waals surface area contributed by atoms with Gasteiger partial charge in [-0.05, 0) is 199 Å². The number of aryl methyl sites for hydroxylation is 7. The van der Waals surface area contributed by atoms with E-state index in [1.807, 2.05) is 24.3 Å². The van der Waals surface area contributed by atoms with Crippen LogP contribution in [0.4, 0.5) is 5.69 Å². The van der Waals surface area contributed by atoms with E-state index in [0.717, 1.165) is 22.6 Å². The van der Waals surface area contributed by atoms with E-state index in [0.29, 0.717) is 29.9 Å². The third-order valence-corrected chi connectivity index (χ3v) is 23.6. The van der Waals surface area contributed by atoms with E-state index in [1.165, 1.54) is 156 Å². The Bertz CT molecular complexity index is 6520. The second-order valence-electron chi connectivity index (χ2n) is 34.1. The maximum atomic E-state index is 7.68. The lowest BCUT2D eigenvalue weighted by Gasteiger charge is -2.21. The summed E-state index contributed by atoms with van der Waals surface area (Å²) < 4.78 is 27.8. The van der Waals surface area contributed by atoms with Gasteiger partial charge in [0.1, 0.15) is 22.1 Å². The van der Waals surface area contributed by atoms with Gasteiger partial charge in [-0.15, -0.1) is 18.7 Å². The Hall–Kier alpha value is -12.3. The predicted molar refractivity (Wildman–Crippen MR) is 479 cm³/mol. The van der Waals surface area contributed by atoms with Gasteiger partial charge in [0.05, 0.1) is 69.0 Å². The minimum Gasteiger partial charge on any atom is -0.238 e. The lowest BCUT2D eigenvalue weighted by atomic mass is 9.83. The molecule has 13 heteroatoms. The first-order valence-electron chi connectivity index (χ1n) is 41.6. The smallest absolute Gasteiger partial charge is 0.238 e. The van der Waals surface area contributed by atoms with Crippen LogP contribution in [0.25, 0.3) is 116 Å². The summed E-state index contributed by atoms with van der Waals surface area (Å²) in [5.74, 6) is 0.